The number of ether oxygens (including phenoxy) is 2. The topological polar surface area (TPSA) is 183 Å². The Bertz CT molecular complexity index is 1050. The van der Waals surface area contributed by atoms with Gasteiger partial charge in [0.2, 0.25) is 6.29 Å². The van der Waals surface area contributed by atoms with Gasteiger partial charge in [0.05, 0.1) is 6.61 Å². The van der Waals surface area contributed by atoms with Crippen molar-refractivity contribution in [3.05, 3.63) is 53.6 Å². The molecule has 2 aromatic rings. The molecular formula is C20H22O11S. The van der Waals surface area contributed by atoms with Crippen LogP contribution in [0.2, 0.25) is 0 Å². The number of hydrogen-bond donors (Lipinski definition) is 6. The van der Waals surface area contributed by atoms with Crippen molar-refractivity contribution in [2.24, 2.45) is 0 Å². The van der Waals surface area contributed by atoms with Crippen molar-refractivity contribution in [1.82, 2.24) is 0 Å². The number of rotatable bonds is 7. The fourth-order valence-electron chi connectivity index (χ4n) is 3.09. The highest BCUT2D eigenvalue weighted by Gasteiger charge is 2.48. The minimum Gasteiger partial charge on any atom is -0.508 e. The first-order valence-corrected chi connectivity index (χ1v) is 10.7. The van der Waals surface area contributed by atoms with E-state index in [9.17, 15) is 34.0 Å². The van der Waals surface area contributed by atoms with Crippen LogP contribution in [0.25, 0.3) is 12.2 Å². The van der Waals surface area contributed by atoms with Gasteiger partial charge in [-0.15, -0.1) is 0 Å². The highest BCUT2D eigenvalue weighted by molar-refractivity contribution is 7.80. The molecule has 1 aliphatic rings. The molecule has 1 heterocycles. The zero-order chi connectivity index (χ0) is 23.5. The molecule has 0 aliphatic carbocycles. The number of phenolic OH excluding ortho intramolecular Hbond substituents is 2. The van der Waals surface area contributed by atoms with Gasteiger partial charge >= 0.3 is 10.4 Å². The minimum atomic E-state index is -5.04. The third kappa shape index (κ3) is 6.17. The van der Waals surface area contributed by atoms with E-state index in [4.69, 9.17) is 14.0 Å². The van der Waals surface area contributed by atoms with Gasteiger partial charge in [-0.25, -0.2) is 4.18 Å². The number of benzene rings is 2. The third-order valence-electron chi connectivity index (χ3n) is 4.58. The monoisotopic (exact) mass is 470 g/mol. The van der Waals surface area contributed by atoms with Gasteiger partial charge in [-0.1, -0.05) is 24.3 Å². The first-order valence-electron chi connectivity index (χ1n) is 9.32. The molecule has 1 aliphatic heterocycles. The smallest absolute Gasteiger partial charge is 0.397 e. The van der Waals surface area contributed by atoms with Gasteiger partial charge in [0, 0.05) is 6.07 Å². The molecule has 0 saturated carbocycles. The fraction of sp³-hybridized carbons (Fsp3) is 0.300. The Labute approximate surface area is 183 Å². The summed E-state index contributed by atoms with van der Waals surface area (Å²) in [6.45, 7) is -0.764. The second-order valence-electron chi connectivity index (χ2n) is 7.00. The van der Waals surface area contributed by atoms with E-state index >= 15 is 0 Å². The van der Waals surface area contributed by atoms with Crippen LogP contribution >= 0.6 is 0 Å². The molecule has 5 atom stereocenters. The minimum absolute atomic E-state index is 0.0121. The van der Waals surface area contributed by atoms with Crippen LogP contribution in [0.1, 0.15) is 11.1 Å². The van der Waals surface area contributed by atoms with Crippen LogP contribution in [0.3, 0.4) is 0 Å². The molecule has 6 N–H and O–H groups in total. The van der Waals surface area contributed by atoms with Crippen molar-refractivity contribution in [3.8, 4) is 17.2 Å². The van der Waals surface area contributed by atoms with Gasteiger partial charge in [-0.3, -0.25) is 4.55 Å². The second-order valence-corrected chi connectivity index (χ2v) is 8.05. The van der Waals surface area contributed by atoms with Crippen LogP contribution in [0, 0.1) is 0 Å². The molecule has 0 unspecified atom stereocenters. The zero-order valence-corrected chi connectivity index (χ0v) is 17.2. The zero-order valence-electron chi connectivity index (χ0n) is 16.4. The summed E-state index contributed by atoms with van der Waals surface area (Å²) >= 11 is 0. The lowest BCUT2D eigenvalue weighted by Crippen LogP contribution is -2.61. The number of aliphatic hydroxyl groups excluding tert-OH is 3. The Kier molecular flexibility index (Phi) is 7.36. The second kappa shape index (κ2) is 9.83. The third-order valence-corrected chi connectivity index (χ3v) is 5.05. The van der Waals surface area contributed by atoms with Gasteiger partial charge in [-0.2, -0.15) is 8.42 Å². The molecular weight excluding hydrogens is 448 g/mol. The predicted molar refractivity (Wildman–Crippen MR) is 110 cm³/mol. The van der Waals surface area contributed by atoms with E-state index in [2.05, 4.69) is 4.18 Å². The molecule has 11 nitrogen and oxygen atoms in total. The average molecular weight is 470 g/mol. The maximum absolute atomic E-state index is 11.1. The summed E-state index contributed by atoms with van der Waals surface area (Å²) in [5.74, 6) is -0.0652. The number of phenols is 2. The summed E-state index contributed by atoms with van der Waals surface area (Å²) in [4.78, 5) is 0. The number of aliphatic hydroxyl groups is 3. The van der Waals surface area contributed by atoms with Crippen LogP contribution in [0.5, 0.6) is 17.2 Å². The molecule has 0 aromatic heterocycles. The SMILES string of the molecule is O=S(=O)(O)O[C@@H]1[C@@H](O)[C@H](Oc2cc(O)cc(/C=C/c3ccc(O)cc3)c2)O[C@H](CO)[C@H]1O. The summed E-state index contributed by atoms with van der Waals surface area (Å²) in [6, 6.07) is 10.5. The number of aromatic hydroxyl groups is 2. The summed E-state index contributed by atoms with van der Waals surface area (Å²) < 4.78 is 46.1. The van der Waals surface area contributed by atoms with E-state index in [-0.39, 0.29) is 17.2 Å². The first-order chi connectivity index (χ1) is 15.1. The summed E-state index contributed by atoms with van der Waals surface area (Å²) in [5, 5.41) is 49.1. The van der Waals surface area contributed by atoms with Crippen molar-refractivity contribution in [2.45, 2.75) is 30.7 Å². The van der Waals surface area contributed by atoms with E-state index in [1.807, 2.05) is 0 Å². The van der Waals surface area contributed by atoms with Crippen LogP contribution in [0.15, 0.2) is 42.5 Å². The highest BCUT2D eigenvalue weighted by Crippen LogP contribution is 2.30. The van der Waals surface area contributed by atoms with E-state index < -0.39 is 47.7 Å². The van der Waals surface area contributed by atoms with Crippen LogP contribution in [0.4, 0.5) is 0 Å². The van der Waals surface area contributed by atoms with Gasteiger partial charge in [0.15, 0.2) is 0 Å². The average Bonchev–Trinajstić information content (AvgIpc) is 2.72. The Hall–Kier alpha value is -2.71. The highest BCUT2D eigenvalue weighted by atomic mass is 32.3. The number of hydrogen-bond acceptors (Lipinski definition) is 10. The summed E-state index contributed by atoms with van der Waals surface area (Å²) in [7, 11) is -5.04. The molecule has 0 bridgehead atoms. The first kappa shape index (κ1) is 23.9. The van der Waals surface area contributed by atoms with Gasteiger partial charge in [0.25, 0.3) is 0 Å². The van der Waals surface area contributed by atoms with E-state index in [0.717, 1.165) is 5.56 Å². The molecule has 0 spiro atoms. The lowest BCUT2D eigenvalue weighted by atomic mass is 9.99. The van der Waals surface area contributed by atoms with E-state index in [0.29, 0.717) is 5.56 Å². The molecule has 1 fully saturated rings. The van der Waals surface area contributed by atoms with Crippen LogP contribution in [-0.4, -0.2) is 75.8 Å². The van der Waals surface area contributed by atoms with Gasteiger partial charge in [0.1, 0.15) is 41.7 Å². The molecule has 1 saturated heterocycles. The van der Waals surface area contributed by atoms with Crippen molar-refractivity contribution in [1.29, 1.82) is 0 Å². The molecule has 174 valence electrons. The maximum atomic E-state index is 11.1. The standard InChI is InChI=1S/C20H22O11S/c21-10-16-17(24)19(31-32(26,27)28)18(25)20(30-16)29-15-8-12(7-14(23)9-15)2-1-11-3-5-13(22)6-4-11/h1-9,16-25H,10H2,(H,26,27,28)/b2-1+/t16-,17-,18-,19+,20-/m1/s1. The largest absolute Gasteiger partial charge is 0.508 e. The Morgan fingerprint density at radius 1 is 0.938 bits per heavy atom. The van der Waals surface area contributed by atoms with Crippen molar-refractivity contribution in [3.63, 3.8) is 0 Å². The Morgan fingerprint density at radius 2 is 1.59 bits per heavy atom. The maximum Gasteiger partial charge on any atom is 0.397 e. The molecule has 12 heteroatoms. The Balaban J connectivity index is 1.81. The summed E-state index contributed by atoms with van der Waals surface area (Å²) in [5.41, 5.74) is 1.26. The molecule has 0 amide bonds. The lowest BCUT2D eigenvalue weighted by molar-refractivity contribution is -0.272. The van der Waals surface area contributed by atoms with Crippen molar-refractivity contribution >= 4 is 22.6 Å². The fourth-order valence-corrected chi connectivity index (χ4v) is 3.60. The van der Waals surface area contributed by atoms with E-state index in [1.165, 1.54) is 30.3 Å². The predicted octanol–water partition coefficient (Wildman–Crippen LogP) is 0.274. The van der Waals surface area contributed by atoms with Crippen LogP contribution < -0.4 is 4.74 Å². The van der Waals surface area contributed by atoms with E-state index in [1.54, 1.807) is 24.3 Å². The van der Waals surface area contributed by atoms with Gasteiger partial charge in [-0.05, 0) is 35.4 Å². The molecule has 2 aromatic carbocycles. The lowest BCUT2D eigenvalue weighted by Gasteiger charge is -2.40. The van der Waals surface area contributed by atoms with Gasteiger partial charge < -0.3 is 35.0 Å². The quantitative estimate of drug-likeness (QED) is 0.241. The van der Waals surface area contributed by atoms with Crippen molar-refractivity contribution in [2.75, 3.05) is 6.61 Å². The summed E-state index contributed by atoms with van der Waals surface area (Å²) in [6.07, 6.45) is -5.20. The molecule has 3 rings (SSSR count). The Morgan fingerprint density at radius 3 is 2.22 bits per heavy atom. The van der Waals surface area contributed by atoms with Crippen LogP contribution in [-0.2, 0) is 19.3 Å². The molecule has 32 heavy (non-hydrogen) atoms. The molecule has 0 radical (unpaired) electrons. The van der Waals surface area contributed by atoms with Crippen molar-refractivity contribution < 1.29 is 52.2 Å². The normalized spacial score (nSPS) is 26.3.